The summed E-state index contributed by atoms with van der Waals surface area (Å²) < 4.78 is 0. The monoisotopic (exact) mass is 290 g/mol. The fourth-order valence-corrected chi connectivity index (χ4v) is 1.69. The molecule has 2 rings (SSSR count). The highest BCUT2D eigenvalue weighted by Gasteiger charge is 2.17. The molecule has 0 atom stereocenters. The van der Waals surface area contributed by atoms with E-state index in [1.54, 1.807) is 12.4 Å². The van der Waals surface area contributed by atoms with E-state index < -0.39 is 10.8 Å². The van der Waals surface area contributed by atoms with Crippen molar-refractivity contribution in [3.8, 4) is 0 Å². The van der Waals surface area contributed by atoms with Crippen molar-refractivity contribution in [3.05, 3.63) is 45.9 Å². The number of aromatic nitrogens is 3. The fraction of sp³-hybridized carbons (Fsp3) is 0.250. The maximum absolute atomic E-state index is 12.2. The molecule has 0 unspecified atom stereocenters. The van der Waals surface area contributed by atoms with Gasteiger partial charge in [-0.2, -0.15) is 5.10 Å². The molecule has 2 aromatic heterocycles. The Morgan fingerprint density at radius 2 is 2.29 bits per heavy atom. The van der Waals surface area contributed by atoms with Gasteiger partial charge in [-0.1, -0.05) is 0 Å². The summed E-state index contributed by atoms with van der Waals surface area (Å²) in [6.45, 7) is 2.66. The van der Waals surface area contributed by atoms with Crippen LogP contribution in [0.2, 0.25) is 0 Å². The van der Waals surface area contributed by atoms with E-state index in [9.17, 15) is 14.9 Å². The maximum atomic E-state index is 12.2. The summed E-state index contributed by atoms with van der Waals surface area (Å²) in [5.41, 5.74) is 0.700. The molecule has 0 aromatic carbocycles. The predicted molar refractivity (Wildman–Crippen MR) is 74.8 cm³/mol. The number of nitro groups is 1. The van der Waals surface area contributed by atoms with Crippen LogP contribution in [0.25, 0.3) is 0 Å². The standard InChI is InChI=1S/C12H14N6O3/c1-2-13-11-10(3-9(7-14-11)18(20)21)12(19)15-4-8-5-16-17-6-8/h3,5-7H,2,4H2,1H3,(H,13,14)(H,15,19)(H,16,17). The molecule has 0 spiro atoms. The van der Waals surface area contributed by atoms with Crippen LogP contribution in [0.15, 0.2) is 24.7 Å². The van der Waals surface area contributed by atoms with Gasteiger partial charge in [-0.3, -0.25) is 20.0 Å². The average molecular weight is 290 g/mol. The van der Waals surface area contributed by atoms with Crippen LogP contribution < -0.4 is 10.6 Å². The number of nitrogens with zero attached hydrogens (tertiary/aromatic N) is 3. The molecule has 0 saturated carbocycles. The Balaban J connectivity index is 2.20. The molecule has 0 saturated heterocycles. The molecule has 0 bridgehead atoms. The van der Waals surface area contributed by atoms with E-state index in [0.717, 1.165) is 11.8 Å². The molecular weight excluding hydrogens is 276 g/mol. The summed E-state index contributed by atoms with van der Waals surface area (Å²) in [6, 6.07) is 1.20. The smallest absolute Gasteiger partial charge is 0.288 e. The van der Waals surface area contributed by atoms with E-state index in [0.29, 0.717) is 12.4 Å². The lowest BCUT2D eigenvalue weighted by Crippen LogP contribution is -2.24. The highest BCUT2D eigenvalue weighted by atomic mass is 16.6. The summed E-state index contributed by atoms with van der Waals surface area (Å²) in [4.78, 5) is 26.3. The second-order valence-electron chi connectivity index (χ2n) is 4.17. The van der Waals surface area contributed by atoms with Crippen molar-refractivity contribution in [1.82, 2.24) is 20.5 Å². The largest absolute Gasteiger partial charge is 0.370 e. The number of amides is 1. The first-order chi connectivity index (χ1) is 10.1. The van der Waals surface area contributed by atoms with Crippen molar-refractivity contribution in [2.75, 3.05) is 11.9 Å². The number of carbonyl (C=O) groups is 1. The van der Waals surface area contributed by atoms with E-state index in [1.807, 2.05) is 6.92 Å². The zero-order valence-corrected chi connectivity index (χ0v) is 11.3. The summed E-state index contributed by atoms with van der Waals surface area (Å²) in [7, 11) is 0. The summed E-state index contributed by atoms with van der Waals surface area (Å²) in [6.07, 6.45) is 4.35. The van der Waals surface area contributed by atoms with Crippen molar-refractivity contribution in [3.63, 3.8) is 0 Å². The van der Waals surface area contributed by atoms with Crippen molar-refractivity contribution < 1.29 is 9.72 Å². The van der Waals surface area contributed by atoms with E-state index in [4.69, 9.17) is 0 Å². The molecule has 2 aromatic rings. The van der Waals surface area contributed by atoms with Crippen molar-refractivity contribution in [2.24, 2.45) is 0 Å². The lowest BCUT2D eigenvalue weighted by atomic mass is 10.2. The fourth-order valence-electron chi connectivity index (χ4n) is 1.69. The number of pyridine rings is 1. The number of rotatable bonds is 6. The molecule has 0 aliphatic heterocycles. The van der Waals surface area contributed by atoms with Gasteiger partial charge in [0.1, 0.15) is 12.0 Å². The summed E-state index contributed by atoms with van der Waals surface area (Å²) >= 11 is 0. The molecule has 0 radical (unpaired) electrons. The molecule has 2 heterocycles. The number of hydrogen-bond donors (Lipinski definition) is 3. The normalized spacial score (nSPS) is 10.1. The molecule has 0 fully saturated rings. The quantitative estimate of drug-likeness (QED) is 0.539. The van der Waals surface area contributed by atoms with Crippen LogP contribution >= 0.6 is 0 Å². The van der Waals surface area contributed by atoms with Crippen LogP contribution in [0, 0.1) is 10.1 Å². The minimum atomic E-state index is -0.588. The zero-order chi connectivity index (χ0) is 15.2. The van der Waals surface area contributed by atoms with Gasteiger partial charge < -0.3 is 10.6 Å². The van der Waals surface area contributed by atoms with Crippen molar-refractivity contribution >= 4 is 17.4 Å². The summed E-state index contributed by atoms with van der Waals surface area (Å²) in [5.74, 6) is -0.129. The molecule has 9 nitrogen and oxygen atoms in total. The predicted octanol–water partition coefficient (Wildman–Crippen LogP) is 1.07. The van der Waals surface area contributed by atoms with Crippen molar-refractivity contribution in [2.45, 2.75) is 13.5 Å². The molecule has 9 heteroatoms. The highest BCUT2D eigenvalue weighted by molar-refractivity contribution is 5.99. The topological polar surface area (TPSA) is 126 Å². The molecule has 1 amide bonds. The number of nitrogens with one attached hydrogen (secondary N) is 3. The zero-order valence-electron chi connectivity index (χ0n) is 11.3. The first kappa shape index (κ1) is 14.4. The highest BCUT2D eigenvalue weighted by Crippen LogP contribution is 2.19. The lowest BCUT2D eigenvalue weighted by Gasteiger charge is -2.09. The van der Waals surface area contributed by atoms with Gasteiger partial charge in [-0.05, 0) is 6.92 Å². The molecule has 0 aliphatic rings. The van der Waals surface area contributed by atoms with E-state index in [-0.39, 0.29) is 17.8 Å². The van der Waals surface area contributed by atoms with Gasteiger partial charge in [0.2, 0.25) is 0 Å². The number of aromatic amines is 1. The summed E-state index contributed by atoms with van der Waals surface area (Å²) in [5, 5.41) is 22.8. The van der Waals surface area contributed by atoms with Gasteiger partial charge in [0, 0.05) is 30.9 Å². The third-order valence-electron chi connectivity index (χ3n) is 2.68. The van der Waals surface area contributed by atoms with Crippen LogP contribution in [-0.2, 0) is 6.54 Å². The Morgan fingerprint density at radius 1 is 1.48 bits per heavy atom. The first-order valence-corrected chi connectivity index (χ1v) is 6.26. The van der Waals surface area contributed by atoms with E-state index in [2.05, 4.69) is 25.8 Å². The Labute approximate surface area is 119 Å². The van der Waals surface area contributed by atoms with Gasteiger partial charge >= 0.3 is 0 Å². The number of hydrogen-bond acceptors (Lipinski definition) is 6. The first-order valence-electron chi connectivity index (χ1n) is 6.26. The Morgan fingerprint density at radius 3 is 2.90 bits per heavy atom. The Bertz CT molecular complexity index is 640. The number of carbonyl (C=O) groups excluding carboxylic acids is 1. The second kappa shape index (κ2) is 6.46. The van der Waals surface area contributed by atoms with Crippen LogP contribution in [-0.4, -0.2) is 32.6 Å². The average Bonchev–Trinajstić information content (AvgIpc) is 2.98. The van der Waals surface area contributed by atoms with Gasteiger partial charge in [0.25, 0.3) is 11.6 Å². The molecule has 21 heavy (non-hydrogen) atoms. The number of H-pyrrole nitrogens is 1. The van der Waals surface area contributed by atoms with Gasteiger partial charge in [0.15, 0.2) is 0 Å². The van der Waals surface area contributed by atoms with Gasteiger partial charge in [-0.25, -0.2) is 4.98 Å². The third kappa shape index (κ3) is 3.53. The SMILES string of the molecule is CCNc1ncc([N+](=O)[O-])cc1C(=O)NCc1cn[nH]c1. The van der Waals surface area contributed by atoms with Gasteiger partial charge in [0.05, 0.1) is 16.7 Å². The van der Waals surface area contributed by atoms with Crippen LogP contribution in [0.5, 0.6) is 0 Å². The minimum Gasteiger partial charge on any atom is -0.370 e. The molecule has 0 aliphatic carbocycles. The number of anilines is 1. The second-order valence-corrected chi connectivity index (χ2v) is 4.17. The Hall–Kier alpha value is -2.97. The van der Waals surface area contributed by atoms with E-state index in [1.165, 1.54) is 6.07 Å². The lowest BCUT2D eigenvalue weighted by molar-refractivity contribution is -0.385. The van der Waals surface area contributed by atoms with Gasteiger partial charge in [-0.15, -0.1) is 0 Å². The van der Waals surface area contributed by atoms with E-state index >= 15 is 0 Å². The minimum absolute atomic E-state index is 0.134. The van der Waals surface area contributed by atoms with Crippen LogP contribution in [0.1, 0.15) is 22.8 Å². The molecule has 3 N–H and O–H groups in total. The molecule has 110 valence electrons. The maximum Gasteiger partial charge on any atom is 0.288 e. The molecular formula is C12H14N6O3. The Kier molecular flexibility index (Phi) is 4.44. The van der Waals surface area contributed by atoms with Crippen LogP contribution in [0.3, 0.4) is 0 Å². The third-order valence-corrected chi connectivity index (χ3v) is 2.68. The van der Waals surface area contributed by atoms with Crippen LogP contribution in [0.4, 0.5) is 11.5 Å². The van der Waals surface area contributed by atoms with Crippen molar-refractivity contribution in [1.29, 1.82) is 0 Å².